The summed E-state index contributed by atoms with van der Waals surface area (Å²) in [6.07, 6.45) is 1.37. The first-order chi connectivity index (χ1) is 7.72. The average molecular weight is 212 g/mol. The number of aromatic amines is 1. The minimum Gasteiger partial charge on any atom is -0.383 e. The zero-order valence-corrected chi connectivity index (χ0v) is 8.27. The van der Waals surface area contributed by atoms with Crippen LogP contribution < -0.4 is 5.73 Å². The summed E-state index contributed by atoms with van der Waals surface area (Å²) in [5, 5.41) is 14.9. The third kappa shape index (κ3) is 1.64. The first-order valence-electron chi connectivity index (χ1n) is 4.56. The molecule has 0 aliphatic heterocycles. The second-order valence-electron chi connectivity index (χ2n) is 3.22. The lowest BCUT2D eigenvalue weighted by Crippen LogP contribution is -2.03. The number of nitrogens with two attached hydrogens (primary N) is 1. The van der Waals surface area contributed by atoms with Crippen LogP contribution in [0, 0.1) is 11.3 Å². The Balaban J connectivity index is 2.43. The third-order valence-corrected chi connectivity index (χ3v) is 2.17. The Labute approximate surface area is 91.5 Å². The molecule has 2 aromatic rings. The molecule has 5 heteroatoms. The number of nitrogens with one attached hydrogen (secondary N) is 1. The van der Waals surface area contributed by atoms with Gasteiger partial charge in [0.05, 0.1) is 23.4 Å². The van der Waals surface area contributed by atoms with Gasteiger partial charge >= 0.3 is 0 Å². The highest BCUT2D eigenvalue weighted by atomic mass is 16.1. The molecule has 1 aromatic heterocycles. The van der Waals surface area contributed by atoms with E-state index in [2.05, 4.69) is 10.2 Å². The highest BCUT2D eigenvalue weighted by Gasteiger charge is 2.14. The van der Waals surface area contributed by atoms with Crippen molar-refractivity contribution in [2.45, 2.75) is 0 Å². The summed E-state index contributed by atoms with van der Waals surface area (Å²) in [5.74, 6) is -0.0179. The SMILES string of the molecule is N#Cc1cccc(C(=O)c2cn[nH]c2N)c1. The molecular formula is C11H8N4O. The monoisotopic (exact) mass is 212 g/mol. The van der Waals surface area contributed by atoms with E-state index >= 15 is 0 Å². The molecule has 5 nitrogen and oxygen atoms in total. The lowest BCUT2D eigenvalue weighted by atomic mass is 10.0. The largest absolute Gasteiger partial charge is 0.383 e. The second kappa shape index (κ2) is 3.87. The lowest BCUT2D eigenvalue weighted by Gasteiger charge is -1.99. The van der Waals surface area contributed by atoms with Crippen LogP contribution in [0.1, 0.15) is 21.5 Å². The Bertz CT molecular complexity index is 580. The van der Waals surface area contributed by atoms with E-state index in [9.17, 15) is 4.79 Å². The van der Waals surface area contributed by atoms with Crippen molar-refractivity contribution in [1.82, 2.24) is 10.2 Å². The van der Waals surface area contributed by atoms with Crippen LogP contribution in [0.15, 0.2) is 30.5 Å². The minimum absolute atomic E-state index is 0.229. The maximum absolute atomic E-state index is 11.9. The number of H-pyrrole nitrogens is 1. The summed E-state index contributed by atoms with van der Waals surface area (Å²) in [7, 11) is 0. The summed E-state index contributed by atoms with van der Waals surface area (Å²) in [6.45, 7) is 0. The van der Waals surface area contributed by atoms with Crippen molar-refractivity contribution in [1.29, 1.82) is 5.26 Å². The topological polar surface area (TPSA) is 95.6 Å². The zero-order valence-electron chi connectivity index (χ0n) is 8.27. The summed E-state index contributed by atoms with van der Waals surface area (Å²) < 4.78 is 0. The van der Waals surface area contributed by atoms with Crippen molar-refractivity contribution in [3.8, 4) is 6.07 Å². The fourth-order valence-electron chi connectivity index (χ4n) is 1.36. The fourth-order valence-corrected chi connectivity index (χ4v) is 1.36. The number of hydrogen-bond donors (Lipinski definition) is 2. The van der Waals surface area contributed by atoms with Crippen molar-refractivity contribution < 1.29 is 4.79 Å². The van der Waals surface area contributed by atoms with Gasteiger partial charge < -0.3 is 5.73 Å². The molecular weight excluding hydrogens is 204 g/mol. The predicted molar refractivity (Wildman–Crippen MR) is 57.6 cm³/mol. The van der Waals surface area contributed by atoms with E-state index in [0.29, 0.717) is 16.7 Å². The summed E-state index contributed by atoms with van der Waals surface area (Å²) in [4.78, 5) is 11.9. The van der Waals surface area contributed by atoms with Gasteiger partial charge in [0.1, 0.15) is 5.82 Å². The molecule has 0 fully saturated rings. The van der Waals surface area contributed by atoms with Crippen LogP contribution in [-0.4, -0.2) is 16.0 Å². The Kier molecular flexibility index (Phi) is 2.40. The molecule has 0 saturated heterocycles. The van der Waals surface area contributed by atoms with Gasteiger partial charge in [0.15, 0.2) is 5.78 Å². The van der Waals surface area contributed by atoms with Gasteiger partial charge in [0, 0.05) is 5.56 Å². The number of carbonyl (C=O) groups is 1. The van der Waals surface area contributed by atoms with Gasteiger partial charge in [-0.25, -0.2) is 0 Å². The van der Waals surface area contributed by atoms with Crippen molar-refractivity contribution >= 4 is 11.6 Å². The van der Waals surface area contributed by atoms with Crippen LogP contribution in [0.25, 0.3) is 0 Å². The van der Waals surface area contributed by atoms with Crippen molar-refractivity contribution in [3.63, 3.8) is 0 Å². The van der Waals surface area contributed by atoms with Crippen molar-refractivity contribution in [3.05, 3.63) is 47.2 Å². The van der Waals surface area contributed by atoms with E-state index in [-0.39, 0.29) is 11.6 Å². The van der Waals surface area contributed by atoms with Crippen molar-refractivity contribution in [2.75, 3.05) is 5.73 Å². The maximum Gasteiger partial charge on any atom is 0.198 e. The van der Waals surface area contributed by atoms with Crippen LogP contribution in [0.4, 0.5) is 5.82 Å². The number of nitrogen functional groups attached to an aromatic ring is 1. The molecule has 0 aliphatic rings. The first-order valence-corrected chi connectivity index (χ1v) is 4.56. The molecule has 3 N–H and O–H groups in total. The number of benzene rings is 1. The molecule has 78 valence electrons. The number of ketones is 1. The summed E-state index contributed by atoms with van der Waals surface area (Å²) in [6, 6.07) is 8.42. The molecule has 0 bridgehead atoms. The zero-order chi connectivity index (χ0) is 11.5. The Hall–Kier alpha value is -2.61. The smallest absolute Gasteiger partial charge is 0.198 e. The number of hydrogen-bond acceptors (Lipinski definition) is 4. The predicted octanol–water partition coefficient (Wildman–Crippen LogP) is 1.09. The number of anilines is 1. The highest BCUT2D eigenvalue weighted by Crippen LogP contribution is 2.14. The summed E-state index contributed by atoms with van der Waals surface area (Å²) >= 11 is 0. The van der Waals surface area contributed by atoms with Crippen LogP contribution >= 0.6 is 0 Å². The van der Waals surface area contributed by atoms with Gasteiger partial charge in [-0.2, -0.15) is 10.4 Å². The molecule has 2 rings (SSSR count). The maximum atomic E-state index is 11.9. The number of carbonyl (C=O) groups excluding carboxylic acids is 1. The number of nitrogens with zero attached hydrogens (tertiary/aromatic N) is 2. The molecule has 0 unspecified atom stereocenters. The van der Waals surface area contributed by atoms with Crippen molar-refractivity contribution in [2.24, 2.45) is 0 Å². The van der Waals surface area contributed by atoms with E-state index in [4.69, 9.17) is 11.0 Å². The average Bonchev–Trinajstić information content (AvgIpc) is 2.74. The Morgan fingerprint density at radius 1 is 1.50 bits per heavy atom. The molecule has 1 aromatic carbocycles. The summed E-state index contributed by atoms with van der Waals surface area (Å²) in [5.41, 5.74) is 6.72. The molecule has 0 aliphatic carbocycles. The number of nitriles is 1. The number of aromatic nitrogens is 2. The van der Waals surface area contributed by atoms with E-state index in [0.717, 1.165) is 0 Å². The molecule has 0 amide bonds. The number of rotatable bonds is 2. The Morgan fingerprint density at radius 2 is 2.31 bits per heavy atom. The van der Waals surface area contributed by atoms with E-state index < -0.39 is 0 Å². The molecule has 1 heterocycles. The molecule has 16 heavy (non-hydrogen) atoms. The van der Waals surface area contributed by atoms with E-state index in [1.54, 1.807) is 18.2 Å². The normalized spacial score (nSPS) is 9.69. The quantitative estimate of drug-likeness (QED) is 0.728. The van der Waals surface area contributed by atoms with Gasteiger partial charge in [-0.3, -0.25) is 9.89 Å². The van der Waals surface area contributed by atoms with E-state index in [1.165, 1.54) is 12.3 Å². The minimum atomic E-state index is -0.247. The van der Waals surface area contributed by atoms with Gasteiger partial charge in [-0.1, -0.05) is 12.1 Å². The van der Waals surface area contributed by atoms with Crippen LogP contribution in [-0.2, 0) is 0 Å². The Morgan fingerprint density at radius 3 is 2.94 bits per heavy atom. The standard InChI is InChI=1S/C11H8N4O/c12-5-7-2-1-3-8(4-7)10(16)9-6-14-15-11(9)13/h1-4,6H,(H3,13,14,15). The van der Waals surface area contributed by atoms with Crippen LogP contribution in [0.2, 0.25) is 0 Å². The van der Waals surface area contributed by atoms with Gasteiger partial charge in [-0.15, -0.1) is 0 Å². The van der Waals surface area contributed by atoms with Gasteiger partial charge in [0.25, 0.3) is 0 Å². The first kappa shape index (κ1) is 9.93. The highest BCUT2D eigenvalue weighted by molar-refractivity contribution is 6.11. The second-order valence-corrected chi connectivity index (χ2v) is 3.22. The fraction of sp³-hybridized carbons (Fsp3) is 0. The molecule has 0 spiro atoms. The molecule has 0 saturated carbocycles. The molecule has 0 radical (unpaired) electrons. The lowest BCUT2D eigenvalue weighted by molar-refractivity contribution is 0.103. The van der Waals surface area contributed by atoms with E-state index in [1.807, 2.05) is 6.07 Å². The third-order valence-electron chi connectivity index (χ3n) is 2.17. The molecule has 0 atom stereocenters. The van der Waals surface area contributed by atoms with Gasteiger partial charge in [0.2, 0.25) is 0 Å². The van der Waals surface area contributed by atoms with Crippen LogP contribution in [0.5, 0.6) is 0 Å². The van der Waals surface area contributed by atoms with Crippen LogP contribution in [0.3, 0.4) is 0 Å². The van der Waals surface area contributed by atoms with Gasteiger partial charge in [-0.05, 0) is 12.1 Å².